The van der Waals surface area contributed by atoms with E-state index in [1.54, 1.807) is 0 Å². The third kappa shape index (κ3) is 2.80. The summed E-state index contributed by atoms with van der Waals surface area (Å²) in [6.45, 7) is 0. The van der Waals surface area contributed by atoms with E-state index in [4.69, 9.17) is 0 Å². The fraction of sp³-hybridized carbons (Fsp3) is 0.0625. The van der Waals surface area contributed by atoms with Crippen LogP contribution in [-0.4, -0.2) is 15.8 Å². The molecule has 0 atom stereocenters. The van der Waals surface area contributed by atoms with Crippen LogP contribution in [0.4, 0.5) is 11.4 Å². The number of carbonyl (C=O) groups excluding carboxylic acids is 1. The average molecular weight is 295 g/mol. The third-order valence-electron chi connectivity index (χ3n) is 3.39. The van der Waals surface area contributed by atoms with Crippen molar-refractivity contribution in [1.29, 1.82) is 0 Å². The molecule has 2 N–H and O–H groups in total. The molecule has 2 aromatic carbocycles. The zero-order valence-electron chi connectivity index (χ0n) is 11.6. The highest BCUT2D eigenvalue weighted by Crippen LogP contribution is 2.19. The molecular weight excluding hydrogens is 282 g/mol. The molecule has 1 amide bonds. The lowest BCUT2D eigenvalue weighted by molar-refractivity contribution is -0.384. The van der Waals surface area contributed by atoms with Crippen LogP contribution in [0.15, 0.2) is 54.7 Å². The van der Waals surface area contributed by atoms with Gasteiger partial charge in [-0.25, -0.2) is 0 Å². The molecule has 22 heavy (non-hydrogen) atoms. The van der Waals surface area contributed by atoms with E-state index in [1.807, 2.05) is 30.5 Å². The van der Waals surface area contributed by atoms with E-state index in [-0.39, 0.29) is 18.0 Å². The molecule has 0 aliphatic heterocycles. The van der Waals surface area contributed by atoms with Gasteiger partial charge in [0.05, 0.1) is 11.3 Å². The summed E-state index contributed by atoms with van der Waals surface area (Å²) in [5.74, 6) is -0.168. The van der Waals surface area contributed by atoms with E-state index in [1.165, 1.54) is 24.3 Å². The van der Waals surface area contributed by atoms with Crippen molar-refractivity contribution in [2.75, 3.05) is 5.32 Å². The Morgan fingerprint density at radius 3 is 2.59 bits per heavy atom. The number of non-ortho nitro benzene ring substituents is 1. The number of benzene rings is 2. The topological polar surface area (TPSA) is 88.0 Å². The van der Waals surface area contributed by atoms with Crippen molar-refractivity contribution >= 4 is 28.2 Å². The summed E-state index contributed by atoms with van der Waals surface area (Å²) in [6.07, 6.45) is 2.06. The second-order valence-corrected chi connectivity index (χ2v) is 4.89. The number of H-pyrrole nitrogens is 1. The maximum atomic E-state index is 12.1. The molecule has 1 aromatic heterocycles. The Morgan fingerprint density at radius 1 is 1.14 bits per heavy atom. The molecule has 0 unspecified atom stereocenters. The molecule has 1 heterocycles. The number of amides is 1. The number of nitrogens with zero attached hydrogens (tertiary/aromatic N) is 1. The zero-order valence-corrected chi connectivity index (χ0v) is 11.6. The first-order valence-corrected chi connectivity index (χ1v) is 6.73. The molecule has 110 valence electrons. The maximum Gasteiger partial charge on any atom is 0.269 e. The summed E-state index contributed by atoms with van der Waals surface area (Å²) in [5.41, 5.74) is 2.43. The Kier molecular flexibility index (Phi) is 3.57. The lowest BCUT2D eigenvalue weighted by atomic mass is 10.1. The second-order valence-electron chi connectivity index (χ2n) is 4.89. The highest BCUT2D eigenvalue weighted by atomic mass is 16.6. The highest BCUT2D eigenvalue weighted by Gasteiger charge is 2.10. The fourth-order valence-corrected chi connectivity index (χ4v) is 2.32. The lowest BCUT2D eigenvalue weighted by Crippen LogP contribution is -2.14. The molecule has 6 heteroatoms. The van der Waals surface area contributed by atoms with Gasteiger partial charge in [-0.15, -0.1) is 0 Å². The van der Waals surface area contributed by atoms with Gasteiger partial charge in [0.1, 0.15) is 0 Å². The number of nitrogens with one attached hydrogen (secondary N) is 2. The average Bonchev–Trinajstić information content (AvgIpc) is 2.91. The van der Waals surface area contributed by atoms with Crippen LogP contribution in [0.25, 0.3) is 10.9 Å². The van der Waals surface area contributed by atoms with Crippen LogP contribution in [0.2, 0.25) is 0 Å². The summed E-state index contributed by atoms with van der Waals surface area (Å²) in [5, 5.41) is 14.3. The summed E-state index contributed by atoms with van der Waals surface area (Å²) in [4.78, 5) is 25.3. The predicted molar refractivity (Wildman–Crippen MR) is 83.7 cm³/mol. The van der Waals surface area contributed by atoms with Crippen LogP contribution >= 0.6 is 0 Å². The van der Waals surface area contributed by atoms with Gasteiger partial charge in [-0.05, 0) is 23.8 Å². The molecule has 6 nitrogen and oxygen atoms in total. The van der Waals surface area contributed by atoms with Crippen LogP contribution in [0.3, 0.4) is 0 Å². The van der Waals surface area contributed by atoms with E-state index < -0.39 is 4.92 Å². The van der Waals surface area contributed by atoms with Gasteiger partial charge in [-0.2, -0.15) is 0 Å². The van der Waals surface area contributed by atoms with Crippen molar-refractivity contribution in [3.05, 3.63) is 70.4 Å². The zero-order chi connectivity index (χ0) is 15.5. The first-order chi connectivity index (χ1) is 10.6. The molecule has 3 aromatic rings. The minimum absolute atomic E-state index is 0.00497. The molecule has 3 rings (SSSR count). The van der Waals surface area contributed by atoms with E-state index >= 15 is 0 Å². The number of rotatable bonds is 4. The maximum absolute atomic E-state index is 12.1. The molecule has 0 aliphatic carbocycles. The van der Waals surface area contributed by atoms with Gasteiger partial charge in [0, 0.05) is 34.9 Å². The van der Waals surface area contributed by atoms with Crippen LogP contribution in [0.1, 0.15) is 5.56 Å². The number of aromatic amines is 1. The predicted octanol–water partition coefficient (Wildman–Crippen LogP) is 3.26. The van der Waals surface area contributed by atoms with Gasteiger partial charge in [0.2, 0.25) is 5.91 Å². The van der Waals surface area contributed by atoms with Crippen LogP contribution in [0, 0.1) is 10.1 Å². The monoisotopic (exact) mass is 295 g/mol. The number of fused-ring (bicyclic) bond motifs is 1. The van der Waals surface area contributed by atoms with Gasteiger partial charge < -0.3 is 10.3 Å². The van der Waals surface area contributed by atoms with Gasteiger partial charge in [-0.3, -0.25) is 14.9 Å². The highest BCUT2D eigenvalue weighted by molar-refractivity contribution is 5.95. The second kappa shape index (κ2) is 5.69. The summed E-state index contributed by atoms with van der Waals surface area (Å²) >= 11 is 0. The van der Waals surface area contributed by atoms with Crippen molar-refractivity contribution in [2.24, 2.45) is 0 Å². The Labute approximate surface area is 125 Å². The summed E-state index contributed by atoms with van der Waals surface area (Å²) < 4.78 is 0. The van der Waals surface area contributed by atoms with Crippen molar-refractivity contribution in [2.45, 2.75) is 6.42 Å². The van der Waals surface area contributed by atoms with Gasteiger partial charge in [-0.1, -0.05) is 18.2 Å². The summed E-state index contributed by atoms with van der Waals surface area (Å²) in [7, 11) is 0. The van der Waals surface area contributed by atoms with Crippen molar-refractivity contribution in [1.82, 2.24) is 4.98 Å². The Morgan fingerprint density at radius 2 is 1.86 bits per heavy atom. The van der Waals surface area contributed by atoms with Gasteiger partial charge in [0.15, 0.2) is 0 Å². The normalized spacial score (nSPS) is 10.5. The van der Waals surface area contributed by atoms with Crippen molar-refractivity contribution in [3.8, 4) is 0 Å². The van der Waals surface area contributed by atoms with Gasteiger partial charge in [0.25, 0.3) is 5.69 Å². The van der Waals surface area contributed by atoms with Crippen LogP contribution in [0.5, 0.6) is 0 Å². The number of nitro benzene ring substituents is 1. The number of para-hydroxylation sites is 1. The lowest BCUT2D eigenvalue weighted by Gasteiger charge is -2.04. The summed E-state index contributed by atoms with van der Waals surface area (Å²) in [6, 6.07) is 13.5. The number of nitro groups is 1. The van der Waals surface area contributed by atoms with E-state index in [2.05, 4.69) is 10.3 Å². The Hall–Kier alpha value is -3.15. The molecule has 0 fully saturated rings. The molecule has 0 bridgehead atoms. The van der Waals surface area contributed by atoms with Crippen LogP contribution < -0.4 is 5.32 Å². The smallest absolute Gasteiger partial charge is 0.269 e. The minimum Gasteiger partial charge on any atom is -0.361 e. The first kappa shape index (κ1) is 13.8. The van der Waals surface area contributed by atoms with Crippen molar-refractivity contribution < 1.29 is 9.72 Å². The minimum atomic E-state index is -0.475. The number of hydrogen-bond acceptors (Lipinski definition) is 3. The Balaban J connectivity index is 1.71. The first-order valence-electron chi connectivity index (χ1n) is 6.73. The Bertz CT molecular complexity index is 837. The van der Waals surface area contributed by atoms with Crippen molar-refractivity contribution in [3.63, 3.8) is 0 Å². The number of aromatic nitrogens is 1. The third-order valence-corrected chi connectivity index (χ3v) is 3.39. The standard InChI is InChI=1S/C16H13N3O3/c20-16(18-12-5-7-13(8-6-12)19(21)22)9-11-10-17-15-4-2-1-3-14(11)15/h1-8,10,17H,9H2,(H,18,20). The molecule has 0 saturated carbocycles. The molecule has 0 spiro atoms. The van der Waals surface area contributed by atoms with Gasteiger partial charge >= 0.3 is 0 Å². The molecule has 0 aliphatic rings. The quantitative estimate of drug-likeness (QED) is 0.572. The number of hydrogen-bond donors (Lipinski definition) is 2. The molecule has 0 radical (unpaired) electrons. The number of carbonyl (C=O) groups is 1. The van der Waals surface area contributed by atoms with E-state index in [0.717, 1.165) is 16.5 Å². The van der Waals surface area contributed by atoms with E-state index in [9.17, 15) is 14.9 Å². The van der Waals surface area contributed by atoms with E-state index in [0.29, 0.717) is 5.69 Å². The largest absolute Gasteiger partial charge is 0.361 e. The van der Waals surface area contributed by atoms with Crippen LogP contribution in [-0.2, 0) is 11.2 Å². The molecule has 0 saturated heterocycles. The molecular formula is C16H13N3O3. The SMILES string of the molecule is O=C(Cc1c[nH]c2ccccc12)Nc1ccc([N+](=O)[O-])cc1. The fourth-order valence-electron chi connectivity index (χ4n) is 2.32. The number of anilines is 1.